The van der Waals surface area contributed by atoms with Crippen molar-refractivity contribution in [2.24, 2.45) is 17.6 Å². The van der Waals surface area contributed by atoms with Crippen LogP contribution in [0.1, 0.15) is 13.8 Å². The molecule has 0 aromatic carbocycles. The lowest BCUT2D eigenvalue weighted by Crippen LogP contribution is -2.33. The predicted molar refractivity (Wildman–Crippen MR) is 58.8 cm³/mol. The summed E-state index contributed by atoms with van der Waals surface area (Å²) in [5, 5.41) is 2.99. The minimum absolute atomic E-state index is 0.00748. The van der Waals surface area contributed by atoms with E-state index in [0.29, 0.717) is 31.5 Å². The summed E-state index contributed by atoms with van der Waals surface area (Å²) in [6.07, 6.45) is 0. The van der Waals surface area contributed by atoms with Crippen molar-refractivity contribution < 1.29 is 13.2 Å². The fraction of sp³-hybridized carbons (Fsp3) is 1.00. The molecule has 0 spiro atoms. The van der Waals surface area contributed by atoms with Crippen molar-refractivity contribution in [3.63, 3.8) is 0 Å². The van der Waals surface area contributed by atoms with Crippen LogP contribution in [0.2, 0.25) is 0 Å². The zero-order chi connectivity index (χ0) is 11.9. The van der Waals surface area contributed by atoms with Crippen LogP contribution in [0.4, 0.5) is 13.2 Å². The molecule has 0 saturated carbocycles. The molecule has 15 heavy (non-hydrogen) atoms. The number of nitrogens with one attached hydrogen (secondary N) is 1. The Labute approximate surface area is 93.2 Å². The number of halogens is 3. The van der Waals surface area contributed by atoms with E-state index in [-0.39, 0.29) is 17.5 Å². The van der Waals surface area contributed by atoms with Crippen LogP contribution < -0.4 is 11.1 Å². The first-order chi connectivity index (χ1) is 6.87. The van der Waals surface area contributed by atoms with Crippen molar-refractivity contribution in [1.29, 1.82) is 0 Å². The maximum absolute atomic E-state index is 11.8. The second-order valence-corrected chi connectivity index (χ2v) is 4.90. The van der Waals surface area contributed by atoms with Crippen LogP contribution in [0.25, 0.3) is 0 Å². The summed E-state index contributed by atoms with van der Waals surface area (Å²) in [5.41, 5.74) is 1.41. The summed E-state index contributed by atoms with van der Waals surface area (Å²) < 4.78 is 35.3. The fourth-order valence-corrected chi connectivity index (χ4v) is 1.60. The first-order valence-electron chi connectivity index (χ1n) is 4.98. The highest BCUT2D eigenvalue weighted by Crippen LogP contribution is 2.29. The molecule has 0 aromatic heterocycles. The maximum atomic E-state index is 11.8. The van der Waals surface area contributed by atoms with Gasteiger partial charge in [-0.2, -0.15) is 13.2 Å². The highest BCUT2D eigenvalue weighted by Gasteiger charge is 2.27. The Morgan fingerprint density at radius 3 is 2.33 bits per heavy atom. The van der Waals surface area contributed by atoms with Gasteiger partial charge in [0.15, 0.2) is 0 Å². The van der Waals surface area contributed by atoms with Crippen molar-refractivity contribution in [3.05, 3.63) is 0 Å². The van der Waals surface area contributed by atoms with Gasteiger partial charge in [0.1, 0.15) is 0 Å². The first kappa shape index (κ1) is 15.1. The van der Waals surface area contributed by atoms with Crippen LogP contribution in [0.3, 0.4) is 0 Å². The summed E-state index contributed by atoms with van der Waals surface area (Å²) in [7, 11) is 0. The Bertz CT molecular complexity index is 162. The van der Waals surface area contributed by atoms with Gasteiger partial charge in [-0.05, 0) is 36.7 Å². The summed E-state index contributed by atoms with van der Waals surface area (Å²) in [6.45, 7) is 5.74. The number of hydrogen-bond donors (Lipinski definition) is 2. The van der Waals surface area contributed by atoms with E-state index in [1.807, 2.05) is 0 Å². The molecule has 1 atom stereocenters. The van der Waals surface area contributed by atoms with E-state index in [2.05, 4.69) is 19.2 Å². The fourth-order valence-electron chi connectivity index (χ4n) is 1.12. The van der Waals surface area contributed by atoms with Gasteiger partial charge < -0.3 is 11.1 Å². The largest absolute Gasteiger partial charge is 0.441 e. The molecule has 0 radical (unpaired) electrons. The summed E-state index contributed by atoms with van der Waals surface area (Å²) in [4.78, 5) is 0. The van der Waals surface area contributed by atoms with E-state index in [0.717, 1.165) is 0 Å². The zero-order valence-electron chi connectivity index (χ0n) is 9.10. The SMILES string of the molecule is CC(C)C(CN)CNCCSC(F)(F)F. The minimum atomic E-state index is -4.12. The molecular weight excluding hydrogens is 225 g/mol. The molecule has 92 valence electrons. The molecule has 2 nitrogen and oxygen atoms in total. The molecule has 0 aliphatic rings. The van der Waals surface area contributed by atoms with E-state index in [1.165, 1.54) is 0 Å². The predicted octanol–water partition coefficient (Wildman–Crippen LogP) is 2.06. The van der Waals surface area contributed by atoms with Crippen LogP contribution >= 0.6 is 11.8 Å². The van der Waals surface area contributed by atoms with Crippen molar-refractivity contribution >= 4 is 11.8 Å². The number of nitrogens with two attached hydrogens (primary N) is 1. The molecule has 0 saturated heterocycles. The Morgan fingerprint density at radius 1 is 1.33 bits per heavy atom. The lowest BCUT2D eigenvalue weighted by molar-refractivity contribution is -0.0327. The van der Waals surface area contributed by atoms with E-state index < -0.39 is 5.51 Å². The maximum Gasteiger partial charge on any atom is 0.441 e. The molecule has 0 bridgehead atoms. The monoisotopic (exact) mass is 244 g/mol. The second-order valence-electron chi connectivity index (χ2n) is 3.74. The minimum Gasteiger partial charge on any atom is -0.330 e. The lowest BCUT2D eigenvalue weighted by Gasteiger charge is -2.19. The van der Waals surface area contributed by atoms with Crippen LogP contribution in [-0.2, 0) is 0 Å². The quantitative estimate of drug-likeness (QED) is 0.673. The van der Waals surface area contributed by atoms with Crippen LogP contribution in [-0.4, -0.2) is 30.9 Å². The summed E-state index contributed by atoms with van der Waals surface area (Å²) in [6, 6.07) is 0. The van der Waals surface area contributed by atoms with Gasteiger partial charge in [-0.25, -0.2) is 0 Å². The van der Waals surface area contributed by atoms with Gasteiger partial charge in [0.25, 0.3) is 0 Å². The lowest BCUT2D eigenvalue weighted by atomic mass is 9.96. The molecule has 0 fully saturated rings. The van der Waals surface area contributed by atoms with Gasteiger partial charge in [0.05, 0.1) is 0 Å². The molecule has 3 N–H and O–H groups in total. The highest BCUT2D eigenvalue weighted by atomic mass is 32.2. The highest BCUT2D eigenvalue weighted by molar-refractivity contribution is 8.00. The Kier molecular flexibility index (Phi) is 7.38. The standard InChI is InChI=1S/C9H19F3N2S/c1-7(2)8(5-13)6-14-3-4-15-9(10,11)12/h7-8,14H,3-6,13H2,1-2H3. The Hall–Kier alpha value is 0.0600. The average molecular weight is 244 g/mol. The summed E-state index contributed by atoms with van der Waals surface area (Å²) in [5.74, 6) is 0.845. The molecule has 0 aliphatic carbocycles. The molecule has 0 heterocycles. The van der Waals surface area contributed by atoms with Gasteiger partial charge in [-0.3, -0.25) is 0 Å². The van der Waals surface area contributed by atoms with Crippen LogP contribution in [0.15, 0.2) is 0 Å². The number of rotatable bonds is 7. The third-order valence-corrected chi connectivity index (χ3v) is 2.93. The molecular formula is C9H19F3N2S. The molecule has 0 aliphatic heterocycles. The first-order valence-corrected chi connectivity index (χ1v) is 5.97. The van der Waals surface area contributed by atoms with Crippen LogP contribution in [0.5, 0.6) is 0 Å². The molecule has 0 aromatic rings. The van der Waals surface area contributed by atoms with E-state index >= 15 is 0 Å². The Morgan fingerprint density at radius 2 is 1.93 bits per heavy atom. The number of thioether (sulfide) groups is 1. The van der Waals surface area contributed by atoms with Gasteiger partial charge >= 0.3 is 5.51 Å². The van der Waals surface area contributed by atoms with Crippen molar-refractivity contribution in [3.8, 4) is 0 Å². The van der Waals surface area contributed by atoms with E-state index in [1.54, 1.807) is 0 Å². The molecule has 6 heteroatoms. The molecule has 1 unspecified atom stereocenters. The van der Waals surface area contributed by atoms with E-state index in [9.17, 15) is 13.2 Å². The topological polar surface area (TPSA) is 38.0 Å². The third-order valence-electron chi connectivity index (χ3n) is 2.20. The zero-order valence-corrected chi connectivity index (χ0v) is 9.92. The number of hydrogen-bond acceptors (Lipinski definition) is 3. The average Bonchev–Trinajstić information content (AvgIpc) is 2.08. The van der Waals surface area contributed by atoms with Crippen LogP contribution in [0, 0.1) is 11.8 Å². The smallest absolute Gasteiger partial charge is 0.330 e. The van der Waals surface area contributed by atoms with Crippen molar-refractivity contribution in [1.82, 2.24) is 5.32 Å². The Balaban J connectivity index is 3.45. The number of alkyl halides is 3. The van der Waals surface area contributed by atoms with Gasteiger partial charge in [-0.1, -0.05) is 13.8 Å². The van der Waals surface area contributed by atoms with Gasteiger partial charge in [-0.15, -0.1) is 0 Å². The van der Waals surface area contributed by atoms with Crippen molar-refractivity contribution in [2.75, 3.05) is 25.4 Å². The normalized spacial score (nSPS) is 14.6. The van der Waals surface area contributed by atoms with Gasteiger partial charge in [0.2, 0.25) is 0 Å². The van der Waals surface area contributed by atoms with Crippen molar-refractivity contribution in [2.45, 2.75) is 19.4 Å². The van der Waals surface area contributed by atoms with E-state index in [4.69, 9.17) is 5.73 Å². The molecule has 0 amide bonds. The van der Waals surface area contributed by atoms with Gasteiger partial charge in [0, 0.05) is 12.3 Å². The summed E-state index contributed by atoms with van der Waals surface area (Å²) >= 11 is 0.00748. The third kappa shape index (κ3) is 9.02. The second kappa shape index (κ2) is 7.35. The molecule has 0 rings (SSSR count).